The van der Waals surface area contributed by atoms with Crippen LogP contribution in [0.4, 0.5) is 5.69 Å². The molecule has 10 nitrogen and oxygen atoms in total. The number of morpholine rings is 1. The van der Waals surface area contributed by atoms with Crippen molar-refractivity contribution in [3.8, 4) is 0 Å². The molecule has 0 saturated carbocycles. The van der Waals surface area contributed by atoms with Crippen LogP contribution < -0.4 is 10.1 Å². The molecule has 1 fully saturated rings. The van der Waals surface area contributed by atoms with Gasteiger partial charge in [-0.2, -0.15) is 9.30 Å². The van der Waals surface area contributed by atoms with Gasteiger partial charge >= 0.3 is 0 Å². The first-order valence-corrected chi connectivity index (χ1v) is 14.7. The van der Waals surface area contributed by atoms with Crippen LogP contribution in [0.5, 0.6) is 0 Å². The Kier molecular flexibility index (Phi) is 8.78. The van der Waals surface area contributed by atoms with Crippen molar-refractivity contribution in [3.05, 3.63) is 52.8 Å². The Morgan fingerprint density at radius 1 is 1.13 bits per heavy atom. The van der Waals surface area contributed by atoms with Gasteiger partial charge in [0.25, 0.3) is 5.91 Å². The van der Waals surface area contributed by atoms with E-state index in [0.29, 0.717) is 30.2 Å². The molecule has 0 radical (unpaired) electrons. The summed E-state index contributed by atoms with van der Waals surface area (Å²) >= 11 is 1.33. The van der Waals surface area contributed by atoms with Crippen molar-refractivity contribution in [2.45, 2.75) is 51.3 Å². The van der Waals surface area contributed by atoms with E-state index >= 15 is 0 Å². The Morgan fingerprint density at radius 2 is 1.82 bits per heavy atom. The number of hydrogen-bond acceptors (Lipinski definition) is 7. The zero-order chi connectivity index (χ0) is 27.4. The molecule has 1 aliphatic rings. The standard InChI is InChI=1S/C26H32N4O6S2/c1-5-35-13-12-30-23-11-8-21(27-19(4)31)14-24(23)37-26(30)28-25(32)20-6-9-22(10-7-20)38(33,34)29-15-17(2)36-18(3)16-29/h6-11,14,17-18H,5,12-13,15-16H2,1-4H3,(H,27,31). The number of anilines is 1. The van der Waals surface area contributed by atoms with E-state index in [1.54, 1.807) is 6.07 Å². The summed E-state index contributed by atoms with van der Waals surface area (Å²) in [5, 5.41) is 2.77. The number of sulfonamides is 1. The third-order valence-electron chi connectivity index (χ3n) is 5.99. The molecular formula is C26H32N4O6S2. The van der Waals surface area contributed by atoms with Crippen molar-refractivity contribution in [1.29, 1.82) is 0 Å². The van der Waals surface area contributed by atoms with Crippen molar-refractivity contribution in [2.24, 2.45) is 4.99 Å². The Morgan fingerprint density at radius 3 is 2.45 bits per heavy atom. The van der Waals surface area contributed by atoms with Crippen LogP contribution >= 0.6 is 11.3 Å². The van der Waals surface area contributed by atoms with E-state index < -0.39 is 15.9 Å². The van der Waals surface area contributed by atoms with Crippen LogP contribution in [0.1, 0.15) is 38.1 Å². The molecule has 0 aliphatic carbocycles. The fraction of sp³-hybridized carbons (Fsp3) is 0.423. The van der Waals surface area contributed by atoms with Crippen LogP contribution in [-0.4, -0.2) is 67.6 Å². The van der Waals surface area contributed by atoms with Gasteiger partial charge in [0.15, 0.2) is 4.80 Å². The van der Waals surface area contributed by atoms with Crippen LogP contribution in [0, 0.1) is 0 Å². The van der Waals surface area contributed by atoms with Gasteiger partial charge in [0, 0.05) is 44.4 Å². The quantitative estimate of drug-likeness (QED) is 0.423. The average molecular weight is 561 g/mol. The summed E-state index contributed by atoms with van der Waals surface area (Å²) in [7, 11) is -3.71. The summed E-state index contributed by atoms with van der Waals surface area (Å²) in [6.07, 6.45) is -0.392. The van der Waals surface area contributed by atoms with E-state index in [1.165, 1.54) is 46.8 Å². The summed E-state index contributed by atoms with van der Waals surface area (Å²) in [4.78, 5) is 29.5. The normalized spacial score (nSPS) is 19.1. The van der Waals surface area contributed by atoms with Crippen molar-refractivity contribution in [1.82, 2.24) is 8.87 Å². The van der Waals surface area contributed by atoms with Crippen molar-refractivity contribution in [3.63, 3.8) is 0 Å². The Bertz CT molecular complexity index is 1480. The fourth-order valence-corrected chi connectivity index (χ4v) is 7.04. The Labute approximate surface area is 225 Å². The van der Waals surface area contributed by atoms with Crippen LogP contribution in [0.2, 0.25) is 0 Å². The van der Waals surface area contributed by atoms with Gasteiger partial charge in [-0.1, -0.05) is 11.3 Å². The van der Waals surface area contributed by atoms with Crippen LogP contribution in [0.25, 0.3) is 10.2 Å². The second kappa shape index (κ2) is 11.9. The number of nitrogens with one attached hydrogen (secondary N) is 1. The molecule has 204 valence electrons. The summed E-state index contributed by atoms with van der Waals surface area (Å²) < 4.78 is 41.6. The second-order valence-corrected chi connectivity index (χ2v) is 12.1. The van der Waals surface area contributed by atoms with E-state index in [9.17, 15) is 18.0 Å². The first-order valence-electron chi connectivity index (χ1n) is 12.4. The number of thiazole rings is 1. The molecule has 2 unspecified atom stereocenters. The average Bonchev–Trinajstić information content (AvgIpc) is 3.19. The molecule has 0 bridgehead atoms. The van der Waals surface area contributed by atoms with Gasteiger partial charge in [-0.15, -0.1) is 0 Å². The molecular weight excluding hydrogens is 528 g/mol. The minimum atomic E-state index is -3.71. The van der Waals surface area contributed by atoms with Crippen LogP contribution in [0.15, 0.2) is 52.4 Å². The second-order valence-electron chi connectivity index (χ2n) is 9.12. The number of fused-ring (bicyclic) bond motifs is 1. The van der Waals surface area contributed by atoms with Gasteiger partial charge in [-0.05, 0) is 63.2 Å². The maximum absolute atomic E-state index is 13.1. The zero-order valence-electron chi connectivity index (χ0n) is 21.8. The van der Waals surface area contributed by atoms with E-state index in [0.717, 1.165) is 10.2 Å². The molecule has 4 rings (SSSR count). The van der Waals surface area contributed by atoms with Gasteiger partial charge in [-0.25, -0.2) is 8.42 Å². The molecule has 3 aromatic rings. The van der Waals surface area contributed by atoms with Crippen molar-refractivity contribution >= 4 is 49.1 Å². The number of amides is 2. The van der Waals surface area contributed by atoms with E-state index in [-0.39, 0.29) is 41.7 Å². The maximum Gasteiger partial charge on any atom is 0.279 e. The number of carbonyl (C=O) groups is 2. The predicted molar refractivity (Wildman–Crippen MR) is 146 cm³/mol. The molecule has 1 aromatic heterocycles. The first kappa shape index (κ1) is 28.1. The Balaban J connectivity index is 1.63. The third kappa shape index (κ3) is 6.38. The lowest BCUT2D eigenvalue weighted by molar-refractivity contribution is -0.114. The number of nitrogens with zero attached hydrogens (tertiary/aromatic N) is 3. The third-order valence-corrected chi connectivity index (χ3v) is 8.88. The summed E-state index contributed by atoms with van der Waals surface area (Å²) in [5.41, 5.74) is 1.80. The molecule has 1 N–H and O–H groups in total. The highest BCUT2D eigenvalue weighted by Gasteiger charge is 2.32. The molecule has 2 aromatic carbocycles. The molecule has 0 spiro atoms. The minimum absolute atomic E-state index is 0.120. The lowest BCUT2D eigenvalue weighted by atomic mass is 10.2. The van der Waals surface area contributed by atoms with Crippen molar-refractivity contribution in [2.75, 3.05) is 31.6 Å². The highest BCUT2D eigenvalue weighted by molar-refractivity contribution is 7.89. The first-order chi connectivity index (χ1) is 18.1. The number of aromatic nitrogens is 1. The molecule has 12 heteroatoms. The number of carbonyl (C=O) groups excluding carboxylic acids is 2. The fourth-order valence-electron chi connectivity index (χ4n) is 4.35. The van der Waals surface area contributed by atoms with E-state index in [2.05, 4.69) is 10.3 Å². The van der Waals surface area contributed by atoms with Gasteiger partial charge in [0.1, 0.15) is 0 Å². The smallest absolute Gasteiger partial charge is 0.279 e. The topological polar surface area (TPSA) is 119 Å². The molecule has 2 amide bonds. The summed E-state index contributed by atoms with van der Waals surface area (Å²) in [5.74, 6) is -0.658. The monoisotopic (exact) mass is 560 g/mol. The molecule has 1 saturated heterocycles. The van der Waals surface area contributed by atoms with E-state index in [1.807, 2.05) is 37.5 Å². The lowest BCUT2D eigenvalue weighted by Gasteiger charge is -2.34. The van der Waals surface area contributed by atoms with Gasteiger partial charge in [0.2, 0.25) is 15.9 Å². The van der Waals surface area contributed by atoms with Crippen molar-refractivity contribution < 1.29 is 27.5 Å². The van der Waals surface area contributed by atoms with Crippen LogP contribution in [-0.2, 0) is 30.8 Å². The largest absolute Gasteiger partial charge is 0.380 e. The number of benzene rings is 2. The summed E-state index contributed by atoms with van der Waals surface area (Å²) in [6.45, 7) is 9.11. The number of hydrogen-bond donors (Lipinski definition) is 1. The molecule has 2 heterocycles. The maximum atomic E-state index is 13.1. The predicted octanol–water partition coefficient (Wildman–Crippen LogP) is 3.24. The van der Waals surface area contributed by atoms with E-state index in [4.69, 9.17) is 9.47 Å². The van der Waals surface area contributed by atoms with Gasteiger partial charge in [0.05, 0.1) is 33.9 Å². The highest BCUT2D eigenvalue weighted by atomic mass is 32.2. The minimum Gasteiger partial charge on any atom is -0.380 e. The van der Waals surface area contributed by atoms with Crippen LogP contribution in [0.3, 0.4) is 0 Å². The Hall–Kier alpha value is -2.90. The van der Waals surface area contributed by atoms with Gasteiger partial charge < -0.3 is 19.4 Å². The lowest BCUT2D eigenvalue weighted by Crippen LogP contribution is -2.48. The molecule has 1 aliphatic heterocycles. The van der Waals surface area contributed by atoms with Gasteiger partial charge in [-0.3, -0.25) is 9.59 Å². The summed E-state index contributed by atoms with van der Waals surface area (Å²) in [6, 6.07) is 11.4. The zero-order valence-corrected chi connectivity index (χ0v) is 23.5. The number of ether oxygens (including phenoxy) is 2. The SMILES string of the molecule is CCOCCn1c(=NC(=O)c2ccc(S(=O)(=O)N3CC(C)OC(C)C3)cc2)sc2cc(NC(C)=O)ccc21. The highest BCUT2D eigenvalue weighted by Crippen LogP contribution is 2.23. The molecule has 2 atom stereocenters. The number of rotatable bonds is 8. The molecule has 38 heavy (non-hydrogen) atoms.